The third kappa shape index (κ3) is 5.78. The Hall–Kier alpha value is -3.22. The van der Waals surface area contributed by atoms with Gasteiger partial charge in [-0.15, -0.1) is 0 Å². The minimum Gasteiger partial charge on any atom is -0.497 e. The highest BCUT2D eigenvalue weighted by atomic mass is 16.6. The first kappa shape index (κ1) is 23.0. The second kappa shape index (κ2) is 9.73. The Morgan fingerprint density at radius 2 is 1.79 bits per heavy atom. The van der Waals surface area contributed by atoms with Crippen LogP contribution in [0, 0.1) is 5.92 Å². The normalized spacial score (nSPS) is 15.0. The molecule has 1 aromatic heterocycles. The number of hydrogen-bond donors (Lipinski definition) is 1. The summed E-state index contributed by atoms with van der Waals surface area (Å²) in [5, 5.41) is 3.59. The van der Waals surface area contributed by atoms with Crippen molar-refractivity contribution >= 4 is 23.1 Å². The van der Waals surface area contributed by atoms with E-state index in [1.807, 2.05) is 56.0 Å². The van der Waals surface area contributed by atoms with Crippen LogP contribution in [0.3, 0.4) is 0 Å². The van der Waals surface area contributed by atoms with Crippen molar-refractivity contribution in [2.75, 3.05) is 32.1 Å². The summed E-state index contributed by atoms with van der Waals surface area (Å²) >= 11 is 0. The molecule has 176 valence electrons. The van der Waals surface area contributed by atoms with Crippen LogP contribution in [0.4, 0.5) is 10.7 Å². The topological polar surface area (TPSA) is 68.6 Å². The van der Waals surface area contributed by atoms with Gasteiger partial charge in [0.25, 0.3) is 0 Å². The number of methoxy groups -OCH3 is 1. The van der Waals surface area contributed by atoms with Crippen LogP contribution in [0.2, 0.25) is 0 Å². The molecule has 33 heavy (non-hydrogen) atoms. The number of fused-ring (bicyclic) bond motifs is 1. The van der Waals surface area contributed by atoms with Gasteiger partial charge in [-0.25, -0.2) is 9.78 Å². The van der Waals surface area contributed by atoms with Gasteiger partial charge in [0.15, 0.2) is 0 Å². The van der Waals surface area contributed by atoms with E-state index in [1.54, 1.807) is 7.11 Å². The van der Waals surface area contributed by atoms with Crippen molar-refractivity contribution in [3.8, 4) is 5.75 Å². The van der Waals surface area contributed by atoms with E-state index in [9.17, 15) is 4.79 Å². The highest BCUT2D eigenvalue weighted by Gasteiger charge is 2.27. The van der Waals surface area contributed by atoms with Gasteiger partial charge in [-0.1, -0.05) is 24.3 Å². The number of benzene rings is 2. The largest absolute Gasteiger partial charge is 0.497 e. The quantitative estimate of drug-likeness (QED) is 0.562. The van der Waals surface area contributed by atoms with E-state index < -0.39 is 5.60 Å². The van der Waals surface area contributed by atoms with Gasteiger partial charge in [-0.05, 0) is 69.4 Å². The molecule has 1 fully saturated rings. The van der Waals surface area contributed by atoms with E-state index in [0.717, 1.165) is 61.8 Å². The van der Waals surface area contributed by atoms with Gasteiger partial charge in [0.05, 0.1) is 24.7 Å². The predicted octanol–water partition coefficient (Wildman–Crippen LogP) is 5.15. The number of anilines is 1. The van der Waals surface area contributed by atoms with Crippen molar-refractivity contribution in [1.82, 2.24) is 14.5 Å². The molecule has 0 unspecified atom stereocenters. The molecule has 7 nitrogen and oxygen atoms in total. The maximum absolute atomic E-state index is 12.3. The molecule has 0 atom stereocenters. The van der Waals surface area contributed by atoms with Crippen LogP contribution in [-0.4, -0.2) is 52.9 Å². The fourth-order valence-electron chi connectivity index (χ4n) is 4.17. The van der Waals surface area contributed by atoms with Gasteiger partial charge in [0.1, 0.15) is 11.4 Å². The van der Waals surface area contributed by atoms with Crippen LogP contribution in [0.25, 0.3) is 11.0 Å². The van der Waals surface area contributed by atoms with Crippen LogP contribution >= 0.6 is 0 Å². The van der Waals surface area contributed by atoms with Crippen molar-refractivity contribution in [2.45, 2.75) is 45.8 Å². The average Bonchev–Trinajstić information content (AvgIpc) is 3.15. The average molecular weight is 451 g/mol. The van der Waals surface area contributed by atoms with E-state index in [-0.39, 0.29) is 6.09 Å². The lowest BCUT2D eigenvalue weighted by atomic mass is 9.97. The second-order valence-electron chi connectivity index (χ2n) is 9.65. The van der Waals surface area contributed by atoms with E-state index in [2.05, 4.69) is 28.1 Å². The maximum Gasteiger partial charge on any atom is 0.410 e. The number of nitrogens with zero attached hydrogens (tertiary/aromatic N) is 3. The Kier molecular flexibility index (Phi) is 6.77. The van der Waals surface area contributed by atoms with Crippen LogP contribution < -0.4 is 10.1 Å². The lowest BCUT2D eigenvalue weighted by Crippen LogP contribution is -2.42. The van der Waals surface area contributed by atoms with E-state index >= 15 is 0 Å². The molecule has 1 saturated heterocycles. The summed E-state index contributed by atoms with van der Waals surface area (Å²) in [6, 6.07) is 16.4. The van der Waals surface area contributed by atoms with Crippen LogP contribution in [0.15, 0.2) is 48.5 Å². The van der Waals surface area contributed by atoms with Crippen molar-refractivity contribution < 1.29 is 14.3 Å². The monoisotopic (exact) mass is 450 g/mol. The number of imidazole rings is 1. The lowest BCUT2D eigenvalue weighted by molar-refractivity contribution is 0.0188. The first-order chi connectivity index (χ1) is 15.8. The summed E-state index contributed by atoms with van der Waals surface area (Å²) in [5.74, 6) is 2.21. The number of amides is 1. The number of ether oxygens (including phenoxy) is 2. The van der Waals surface area contributed by atoms with Crippen LogP contribution in [0.5, 0.6) is 5.75 Å². The molecule has 1 amide bonds. The fraction of sp³-hybridized carbons (Fsp3) is 0.462. The van der Waals surface area contributed by atoms with Gasteiger partial charge in [-0.2, -0.15) is 0 Å². The summed E-state index contributed by atoms with van der Waals surface area (Å²) in [6.07, 6.45) is 1.69. The Balaban J connectivity index is 1.41. The number of para-hydroxylation sites is 2. The number of nitrogens with one attached hydrogen (secondary N) is 1. The minimum atomic E-state index is -0.460. The van der Waals surface area contributed by atoms with E-state index in [1.165, 1.54) is 5.56 Å². The van der Waals surface area contributed by atoms with Crippen molar-refractivity contribution in [3.63, 3.8) is 0 Å². The smallest absolute Gasteiger partial charge is 0.410 e. The molecule has 0 spiro atoms. The third-order valence-electron chi connectivity index (χ3n) is 5.97. The van der Waals surface area contributed by atoms with Crippen LogP contribution in [0.1, 0.15) is 39.2 Å². The van der Waals surface area contributed by atoms with E-state index in [0.29, 0.717) is 5.92 Å². The summed E-state index contributed by atoms with van der Waals surface area (Å²) in [7, 11) is 1.68. The zero-order valence-corrected chi connectivity index (χ0v) is 20.0. The van der Waals surface area contributed by atoms with Crippen molar-refractivity contribution in [3.05, 3.63) is 54.1 Å². The Morgan fingerprint density at radius 1 is 1.09 bits per heavy atom. The van der Waals surface area contributed by atoms with Crippen LogP contribution in [-0.2, 0) is 11.3 Å². The number of carbonyl (C=O) groups excluding carboxylic acids is 1. The van der Waals surface area contributed by atoms with Gasteiger partial charge < -0.3 is 24.3 Å². The van der Waals surface area contributed by atoms with Crippen molar-refractivity contribution in [2.24, 2.45) is 5.92 Å². The minimum absolute atomic E-state index is 0.213. The molecule has 2 heterocycles. The molecule has 7 heteroatoms. The standard InChI is InChI=1S/C26H34N4O3/c1-26(2,3)33-25(31)29-15-13-19(14-16-29)17-27-24-28-22-7-5-6-8-23(22)30(24)18-20-9-11-21(32-4)12-10-20/h5-12,19H,13-18H2,1-4H3,(H,27,28). The number of hydrogen-bond acceptors (Lipinski definition) is 5. The lowest BCUT2D eigenvalue weighted by Gasteiger charge is -2.33. The first-order valence-electron chi connectivity index (χ1n) is 11.6. The van der Waals surface area contributed by atoms with Gasteiger partial charge >= 0.3 is 6.09 Å². The molecule has 0 aliphatic carbocycles. The SMILES string of the molecule is COc1ccc(Cn2c(NCC3CCN(C(=O)OC(C)(C)C)CC3)nc3ccccc32)cc1. The Bertz CT molecular complexity index is 1080. The molecule has 4 rings (SSSR count). The molecule has 2 aromatic carbocycles. The maximum atomic E-state index is 12.3. The Labute approximate surface area is 195 Å². The molecular weight excluding hydrogens is 416 g/mol. The molecular formula is C26H34N4O3. The first-order valence-corrected chi connectivity index (χ1v) is 11.6. The summed E-state index contributed by atoms with van der Waals surface area (Å²) in [4.78, 5) is 19.0. The zero-order chi connectivity index (χ0) is 23.4. The van der Waals surface area contributed by atoms with E-state index in [4.69, 9.17) is 14.5 Å². The summed E-state index contributed by atoms with van der Waals surface area (Å²) in [5.41, 5.74) is 2.81. The third-order valence-corrected chi connectivity index (χ3v) is 5.97. The molecule has 0 saturated carbocycles. The summed E-state index contributed by atoms with van der Waals surface area (Å²) < 4.78 is 13.0. The molecule has 1 N–H and O–H groups in total. The number of aromatic nitrogens is 2. The highest BCUT2D eigenvalue weighted by molar-refractivity contribution is 5.78. The van der Waals surface area contributed by atoms with Crippen molar-refractivity contribution in [1.29, 1.82) is 0 Å². The Morgan fingerprint density at radius 3 is 2.45 bits per heavy atom. The predicted molar refractivity (Wildman–Crippen MR) is 131 cm³/mol. The molecule has 1 aliphatic heterocycles. The number of rotatable bonds is 6. The number of likely N-dealkylation sites (tertiary alicyclic amines) is 1. The molecule has 0 bridgehead atoms. The molecule has 0 radical (unpaired) electrons. The zero-order valence-electron chi connectivity index (χ0n) is 20.0. The summed E-state index contributed by atoms with van der Waals surface area (Å²) in [6.45, 7) is 8.71. The van der Waals surface area contributed by atoms with Gasteiger partial charge in [0, 0.05) is 19.6 Å². The number of carbonyl (C=O) groups is 1. The van der Waals surface area contributed by atoms with Gasteiger partial charge in [0.2, 0.25) is 5.95 Å². The number of piperidine rings is 1. The van der Waals surface area contributed by atoms with Gasteiger partial charge in [-0.3, -0.25) is 0 Å². The fourth-order valence-corrected chi connectivity index (χ4v) is 4.17. The molecule has 3 aromatic rings. The highest BCUT2D eigenvalue weighted by Crippen LogP contribution is 2.24. The molecule has 1 aliphatic rings. The second-order valence-corrected chi connectivity index (χ2v) is 9.65.